The lowest BCUT2D eigenvalue weighted by Gasteiger charge is -2.21. The molecule has 0 radical (unpaired) electrons. The fourth-order valence-electron chi connectivity index (χ4n) is 2.15. The zero-order chi connectivity index (χ0) is 13.7. The van der Waals surface area contributed by atoms with Gasteiger partial charge in [0.15, 0.2) is 5.78 Å². The van der Waals surface area contributed by atoms with Crippen LogP contribution in [0.15, 0.2) is 24.3 Å². The summed E-state index contributed by atoms with van der Waals surface area (Å²) >= 11 is 0. The molecule has 5 heteroatoms. The Morgan fingerprint density at radius 1 is 1.26 bits per heavy atom. The number of rotatable bonds is 5. The maximum absolute atomic E-state index is 12.0. The Kier molecular flexibility index (Phi) is 4.85. The third kappa shape index (κ3) is 4.28. The van der Waals surface area contributed by atoms with Crippen LogP contribution in [0.25, 0.3) is 0 Å². The molecular formula is C14H16F2O3. The average molecular weight is 270 g/mol. The Balaban J connectivity index is 1.91. The topological polar surface area (TPSA) is 35.5 Å². The van der Waals surface area contributed by atoms with Crippen molar-refractivity contribution >= 4 is 5.78 Å². The van der Waals surface area contributed by atoms with Gasteiger partial charge in [0.05, 0.1) is 0 Å². The van der Waals surface area contributed by atoms with Gasteiger partial charge in [0.2, 0.25) is 0 Å². The van der Waals surface area contributed by atoms with Gasteiger partial charge in [-0.05, 0) is 43.0 Å². The van der Waals surface area contributed by atoms with Crippen LogP contribution in [0.4, 0.5) is 8.78 Å². The molecule has 0 N–H and O–H groups in total. The van der Waals surface area contributed by atoms with Crippen molar-refractivity contribution in [3.63, 3.8) is 0 Å². The molecule has 1 aromatic carbocycles. The van der Waals surface area contributed by atoms with E-state index in [0.717, 1.165) is 12.8 Å². The minimum Gasteiger partial charge on any atom is -0.435 e. The molecule has 0 aliphatic carbocycles. The molecule has 3 nitrogen and oxygen atoms in total. The van der Waals surface area contributed by atoms with E-state index in [2.05, 4.69) is 4.74 Å². The Morgan fingerprint density at radius 3 is 2.47 bits per heavy atom. The lowest BCUT2D eigenvalue weighted by molar-refractivity contribution is -0.0498. The number of Topliss-reactive ketones (excluding diaryl/α,β-unsaturated/α-hetero) is 1. The van der Waals surface area contributed by atoms with Crippen LogP contribution in [-0.4, -0.2) is 25.6 Å². The molecule has 0 aromatic heterocycles. The van der Waals surface area contributed by atoms with Crippen LogP contribution in [0, 0.1) is 5.92 Å². The van der Waals surface area contributed by atoms with Crippen molar-refractivity contribution in [2.24, 2.45) is 5.92 Å². The molecule has 1 aliphatic rings. The maximum Gasteiger partial charge on any atom is 0.387 e. The molecule has 1 heterocycles. The first-order valence-electron chi connectivity index (χ1n) is 6.31. The predicted molar refractivity (Wildman–Crippen MR) is 65.6 cm³/mol. The molecule has 1 aliphatic heterocycles. The number of carbonyl (C=O) groups excluding carboxylic acids is 1. The monoisotopic (exact) mass is 270 g/mol. The van der Waals surface area contributed by atoms with Crippen molar-refractivity contribution in [1.29, 1.82) is 0 Å². The molecule has 1 aromatic rings. The van der Waals surface area contributed by atoms with Crippen LogP contribution in [-0.2, 0) is 4.74 Å². The summed E-state index contributed by atoms with van der Waals surface area (Å²) in [6.07, 6.45) is 2.29. The number of benzene rings is 1. The fourth-order valence-corrected chi connectivity index (χ4v) is 2.15. The summed E-state index contributed by atoms with van der Waals surface area (Å²) in [5.74, 6) is 0.464. The highest BCUT2D eigenvalue weighted by molar-refractivity contribution is 5.96. The highest BCUT2D eigenvalue weighted by Gasteiger charge is 2.18. The molecule has 0 amide bonds. The van der Waals surface area contributed by atoms with Gasteiger partial charge in [-0.1, -0.05) is 0 Å². The van der Waals surface area contributed by atoms with Gasteiger partial charge in [-0.2, -0.15) is 8.78 Å². The average Bonchev–Trinajstić information content (AvgIpc) is 2.40. The van der Waals surface area contributed by atoms with E-state index in [1.807, 2.05) is 0 Å². The van der Waals surface area contributed by atoms with E-state index in [-0.39, 0.29) is 11.5 Å². The Bertz CT molecular complexity index is 411. The standard InChI is InChI=1S/C14H16F2O3/c15-14(16)19-12-3-1-11(2-4-12)13(17)9-10-5-7-18-8-6-10/h1-4,10,14H,5-9H2. The van der Waals surface area contributed by atoms with Crippen molar-refractivity contribution in [1.82, 2.24) is 0 Å². The largest absolute Gasteiger partial charge is 0.435 e. The third-order valence-corrected chi connectivity index (χ3v) is 3.22. The van der Waals surface area contributed by atoms with Gasteiger partial charge < -0.3 is 9.47 Å². The van der Waals surface area contributed by atoms with Crippen molar-refractivity contribution in [3.05, 3.63) is 29.8 Å². The van der Waals surface area contributed by atoms with E-state index in [0.29, 0.717) is 31.1 Å². The highest BCUT2D eigenvalue weighted by Crippen LogP contribution is 2.22. The summed E-state index contributed by atoms with van der Waals surface area (Å²) in [6.45, 7) is -1.43. The van der Waals surface area contributed by atoms with Crippen LogP contribution in [0.2, 0.25) is 0 Å². The minimum absolute atomic E-state index is 0.0375. The van der Waals surface area contributed by atoms with Gasteiger partial charge in [0, 0.05) is 25.2 Å². The number of halogens is 2. The number of ether oxygens (including phenoxy) is 2. The van der Waals surface area contributed by atoms with Gasteiger partial charge in [-0.3, -0.25) is 4.79 Å². The summed E-state index contributed by atoms with van der Waals surface area (Å²) < 4.78 is 33.5. The third-order valence-electron chi connectivity index (χ3n) is 3.22. The molecule has 0 bridgehead atoms. The smallest absolute Gasteiger partial charge is 0.387 e. The van der Waals surface area contributed by atoms with Crippen molar-refractivity contribution in [3.8, 4) is 5.75 Å². The summed E-state index contributed by atoms with van der Waals surface area (Å²) in [5, 5.41) is 0. The molecule has 0 atom stereocenters. The Hall–Kier alpha value is -1.49. The van der Waals surface area contributed by atoms with Gasteiger partial charge in [0.1, 0.15) is 5.75 Å². The number of hydrogen-bond donors (Lipinski definition) is 0. The van der Waals surface area contributed by atoms with Crippen LogP contribution < -0.4 is 4.74 Å². The van der Waals surface area contributed by atoms with E-state index in [9.17, 15) is 13.6 Å². The number of hydrogen-bond acceptors (Lipinski definition) is 3. The van der Waals surface area contributed by atoms with Crippen LogP contribution in [0.1, 0.15) is 29.6 Å². The van der Waals surface area contributed by atoms with Crippen LogP contribution in [0.3, 0.4) is 0 Å². The second-order valence-electron chi connectivity index (χ2n) is 4.59. The first-order chi connectivity index (χ1) is 9.15. The summed E-state index contributed by atoms with van der Waals surface area (Å²) in [5.41, 5.74) is 0.535. The number of carbonyl (C=O) groups is 1. The summed E-state index contributed by atoms with van der Waals surface area (Å²) in [6, 6.07) is 5.84. The van der Waals surface area contributed by atoms with Crippen LogP contribution >= 0.6 is 0 Å². The fraction of sp³-hybridized carbons (Fsp3) is 0.500. The van der Waals surface area contributed by atoms with E-state index < -0.39 is 6.61 Å². The van der Waals surface area contributed by atoms with E-state index in [1.54, 1.807) is 0 Å². The lowest BCUT2D eigenvalue weighted by atomic mass is 9.92. The van der Waals surface area contributed by atoms with Crippen molar-refractivity contribution in [2.45, 2.75) is 25.9 Å². The minimum atomic E-state index is -2.84. The molecule has 1 fully saturated rings. The van der Waals surface area contributed by atoms with Gasteiger partial charge in [0.25, 0.3) is 0 Å². The molecule has 2 rings (SSSR count). The SMILES string of the molecule is O=C(CC1CCOCC1)c1ccc(OC(F)F)cc1. The molecule has 104 valence electrons. The second kappa shape index (κ2) is 6.61. The molecular weight excluding hydrogens is 254 g/mol. The number of ketones is 1. The van der Waals surface area contributed by atoms with Gasteiger partial charge >= 0.3 is 6.61 Å². The second-order valence-corrected chi connectivity index (χ2v) is 4.59. The van der Waals surface area contributed by atoms with E-state index in [1.165, 1.54) is 24.3 Å². The zero-order valence-electron chi connectivity index (χ0n) is 10.5. The van der Waals surface area contributed by atoms with E-state index in [4.69, 9.17) is 4.74 Å². The van der Waals surface area contributed by atoms with Gasteiger partial charge in [-0.15, -0.1) is 0 Å². The lowest BCUT2D eigenvalue weighted by Crippen LogP contribution is -2.18. The zero-order valence-corrected chi connectivity index (χ0v) is 10.5. The predicted octanol–water partition coefficient (Wildman–Crippen LogP) is 3.29. The molecule has 0 spiro atoms. The number of alkyl halides is 2. The molecule has 0 unspecified atom stereocenters. The highest BCUT2D eigenvalue weighted by atomic mass is 19.3. The summed E-state index contributed by atoms with van der Waals surface area (Å²) in [4.78, 5) is 12.0. The quantitative estimate of drug-likeness (QED) is 0.770. The first kappa shape index (κ1) is 13.9. The molecule has 19 heavy (non-hydrogen) atoms. The van der Waals surface area contributed by atoms with Crippen molar-refractivity contribution < 1.29 is 23.0 Å². The van der Waals surface area contributed by atoms with Crippen LogP contribution in [0.5, 0.6) is 5.75 Å². The molecule has 0 saturated carbocycles. The molecule has 1 saturated heterocycles. The van der Waals surface area contributed by atoms with Crippen molar-refractivity contribution in [2.75, 3.05) is 13.2 Å². The summed E-state index contributed by atoms with van der Waals surface area (Å²) in [7, 11) is 0. The maximum atomic E-state index is 12.0. The normalized spacial score (nSPS) is 16.6. The van der Waals surface area contributed by atoms with Gasteiger partial charge in [-0.25, -0.2) is 0 Å². The van der Waals surface area contributed by atoms with E-state index >= 15 is 0 Å². The Morgan fingerprint density at radius 2 is 1.89 bits per heavy atom. The Labute approximate surface area is 110 Å². The first-order valence-corrected chi connectivity index (χ1v) is 6.31.